The average molecular weight is 441 g/mol. The predicted molar refractivity (Wildman–Crippen MR) is 123 cm³/mol. The molecule has 1 heterocycles. The third-order valence-electron chi connectivity index (χ3n) is 6.46. The zero-order valence-electron chi connectivity index (χ0n) is 19.3. The SMILES string of the molecule is COc1cc2c(cc1OC)[C@H](C)N(C(=O)Nc1ccc(OC)c(OC3CCCC3)c1)CC2. The number of fused-ring (bicyclic) bond motifs is 1. The molecule has 0 spiro atoms. The molecule has 2 aromatic carbocycles. The second kappa shape index (κ2) is 9.59. The van der Waals surface area contributed by atoms with E-state index in [0.717, 1.165) is 24.8 Å². The van der Waals surface area contributed by atoms with E-state index in [9.17, 15) is 4.79 Å². The number of rotatable bonds is 6. The highest BCUT2D eigenvalue weighted by Crippen LogP contribution is 2.38. The van der Waals surface area contributed by atoms with Crippen molar-refractivity contribution in [2.75, 3.05) is 33.2 Å². The number of hydrogen-bond donors (Lipinski definition) is 1. The number of nitrogens with one attached hydrogen (secondary N) is 1. The summed E-state index contributed by atoms with van der Waals surface area (Å²) >= 11 is 0. The highest BCUT2D eigenvalue weighted by molar-refractivity contribution is 5.90. The van der Waals surface area contributed by atoms with E-state index in [1.165, 1.54) is 18.4 Å². The molecular weight excluding hydrogens is 408 g/mol. The topological polar surface area (TPSA) is 69.3 Å². The van der Waals surface area contributed by atoms with Gasteiger partial charge in [0.2, 0.25) is 0 Å². The molecule has 1 aliphatic carbocycles. The number of urea groups is 1. The van der Waals surface area contributed by atoms with E-state index in [2.05, 4.69) is 5.32 Å². The lowest BCUT2D eigenvalue weighted by Crippen LogP contribution is -2.41. The van der Waals surface area contributed by atoms with Gasteiger partial charge in [-0.2, -0.15) is 0 Å². The van der Waals surface area contributed by atoms with E-state index in [-0.39, 0.29) is 18.2 Å². The lowest BCUT2D eigenvalue weighted by Gasteiger charge is -2.35. The van der Waals surface area contributed by atoms with Gasteiger partial charge in [0.15, 0.2) is 23.0 Å². The minimum atomic E-state index is -0.144. The van der Waals surface area contributed by atoms with Gasteiger partial charge in [0.25, 0.3) is 0 Å². The molecule has 0 radical (unpaired) electrons. The first kappa shape index (κ1) is 22.1. The number of benzene rings is 2. The van der Waals surface area contributed by atoms with Crippen molar-refractivity contribution < 1.29 is 23.7 Å². The summed E-state index contributed by atoms with van der Waals surface area (Å²) in [7, 11) is 4.89. The Labute approximate surface area is 189 Å². The Kier molecular flexibility index (Phi) is 6.63. The molecule has 1 aliphatic heterocycles. The average Bonchev–Trinajstić information content (AvgIpc) is 3.31. The second-order valence-electron chi connectivity index (χ2n) is 8.35. The third kappa shape index (κ3) is 4.42. The summed E-state index contributed by atoms with van der Waals surface area (Å²) in [6.07, 6.45) is 5.45. The van der Waals surface area contributed by atoms with Crippen LogP contribution in [-0.4, -0.2) is 44.9 Å². The Hall–Kier alpha value is -3.09. The molecule has 1 fully saturated rings. The van der Waals surface area contributed by atoms with Crippen LogP contribution < -0.4 is 24.3 Å². The summed E-state index contributed by atoms with van der Waals surface area (Å²) in [4.78, 5) is 15.0. The summed E-state index contributed by atoms with van der Waals surface area (Å²) in [5.41, 5.74) is 2.94. The van der Waals surface area contributed by atoms with Gasteiger partial charge in [-0.05, 0) is 74.4 Å². The molecular formula is C25H32N2O5. The van der Waals surface area contributed by atoms with E-state index in [0.29, 0.717) is 35.2 Å². The fourth-order valence-electron chi connectivity index (χ4n) is 4.65. The van der Waals surface area contributed by atoms with Crippen LogP contribution in [0.15, 0.2) is 30.3 Å². The highest BCUT2D eigenvalue weighted by Gasteiger charge is 2.29. The summed E-state index contributed by atoms with van der Waals surface area (Å²) in [5, 5.41) is 3.04. The smallest absolute Gasteiger partial charge is 0.322 e. The number of carbonyl (C=O) groups excluding carboxylic acids is 1. The standard InChI is InChI=1S/C25H32N2O5/c1-16-20-15-23(31-4)22(30-3)13-17(20)11-12-27(16)25(28)26-18-9-10-21(29-2)24(14-18)32-19-7-5-6-8-19/h9-10,13-16,19H,5-8,11-12H2,1-4H3,(H,26,28)/t16-/m0/s1. The maximum Gasteiger partial charge on any atom is 0.322 e. The molecule has 0 unspecified atom stereocenters. The van der Waals surface area contributed by atoms with Crippen molar-refractivity contribution in [2.24, 2.45) is 0 Å². The molecule has 2 amide bonds. The van der Waals surface area contributed by atoms with Crippen LogP contribution in [0.1, 0.15) is 49.8 Å². The second-order valence-corrected chi connectivity index (χ2v) is 8.35. The first-order valence-electron chi connectivity index (χ1n) is 11.2. The van der Waals surface area contributed by atoms with E-state index >= 15 is 0 Å². The van der Waals surface area contributed by atoms with Gasteiger partial charge in [-0.3, -0.25) is 0 Å². The monoisotopic (exact) mass is 440 g/mol. The van der Waals surface area contributed by atoms with Crippen molar-refractivity contribution in [2.45, 2.75) is 51.2 Å². The quantitative estimate of drug-likeness (QED) is 0.670. The van der Waals surface area contributed by atoms with Gasteiger partial charge >= 0.3 is 6.03 Å². The molecule has 2 aromatic rings. The van der Waals surface area contributed by atoms with Crippen LogP contribution in [0.3, 0.4) is 0 Å². The van der Waals surface area contributed by atoms with Crippen LogP contribution in [0.5, 0.6) is 23.0 Å². The number of anilines is 1. The summed E-state index contributed by atoms with van der Waals surface area (Å²) in [6, 6.07) is 9.28. The van der Waals surface area contributed by atoms with Gasteiger partial charge in [-0.25, -0.2) is 4.79 Å². The fourth-order valence-corrected chi connectivity index (χ4v) is 4.65. The Bertz CT molecular complexity index is 971. The van der Waals surface area contributed by atoms with Crippen molar-refractivity contribution in [1.82, 2.24) is 4.90 Å². The number of nitrogens with zero attached hydrogens (tertiary/aromatic N) is 1. The molecule has 1 saturated carbocycles. The van der Waals surface area contributed by atoms with Crippen molar-refractivity contribution in [3.8, 4) is 23.0 Å². The van der Waals surface area contributed by atoms with Gasteiger partial charge in [-0.1, -0.05) is 0 Å². The normalized spacial score (nSPS) is 18.1. The first-order valence-corrected chi connectivity index (χ1v) is 11.2. The van der Waals surface area contributed by atoms with Crippen molar-refractivity contribution in [1.29, 1.82) is 0 Å². The van der Waals surface area contributed by atoms with Crippen LogP contribution in [-0.2, 0) is 6.42 Å². The maximum atomic E-state index is 13.2. The number of amides is 2. The van der Waals surface area contributed by atoms with Gasteiger partial charge in [0, 0.05) is 18.3 Å². The lowest BCUT2D eigenvalue weighted by molar-refractivity contribution is 0.188. The van der Waals surface area contributed by atoms with Crippen LogP contribution >= 0.6 is 0 Å². The number of carbonyl (C=O) groups is 1. The number of ether oxygens (including phenoxy) is 4. The van der Waals surface area contributed by atoms with Crippen molar-refractivity contribution in [3.63, 3.8) is 0 Å². The van der Waals surface area contributed by atoms with Gasteiger partial charge in [-0.15, -0.1) is 0 Å². The van der Waals surface area contributed by atoms with Gasteiger partial charge < -0.3 is 29.2 Å². The predicted octanol–water partition coefficient (Wildman–Crippen LogP) is 5.19. The summed E-state index contributed by atoms with van der Waals surface area (Å²) in [5.74, 6) is 2.73. The molecule has 4 rings (SSSR count). The van der Waals surface area contributed by atoms with E-state index in [4.69, 9.17) is 18.9 Å². The minimum Gasteiger partial charge on any atom is -0.493 e. The molecule has 1 N–H and O–H groups in total. The Morgan fingerprint density at radius 3 is 2.31 bits per heavy atom. The zero-order valence-corrected chi connectivity index (χ0v) is 19.3. The minimum absolute atomic E-state index is 0.0917. The lowest BCUT2D eigenvalue weighted by atomic mass is 9.93. The molecule has 7 heteroatoms. The molecule has 0 aromatic heterocycles. The molecule has 2 aliphatic rings. The number of hydrogen-bond acceptors (Lipinski definition) is 5. The Morgan fingerprint density at radius 1 is 0.938 bits per heavy atom. The first-order chi connectivity index (χ1) is 15.5. The van der Waals surface area contributed by atoms with E-state index < -0.39 is 0 Å². The van der Waals surface area contributed by atoms with E-state index in [1.807, 2.05) is 42.2 Å². The van der Waals surface area contributed by atoms with Crippen LogP contribution in [0, 0.1) is 0 Å². The Balaban J connectivity index is 1.50. The van der Waals surface area contributed by atoms with Crippen LogP contribution in [0.4, 0.5) is 10.5 Å². The highest BCUT2D eigenvalue weighted by atomic mass is 16.5. The maximum absolute atomic E-state index is 13.2. The molecule has 0 bridgehead atoms. The summed E-state index contributed by atoms with van der Waals surface area (Å²) in [6.45, 7) is 2.66. The molecule has 1 atom stereocenters. The Morgan fingerprint density at radius 2 is 1.62 bits per heavy atom. The molecule has 172 valence electrons. The molecule has 7 nitrogen and oxygen atoms in total. The summed E-state index contributed by atoms with van der Waals surface area (Å²) < 4.78 is 22.5. The van der Waals surface area contributed by atoms with Crippen molar-refractivity contribution in [3.05, 3.63) is 41.5 Å². The number of methoxy groups -OCH3 is 3. The van der Waals surface area contributed by atoms with Crippen LogP contribution in [0.2, 0.25) is 0 Å². The molecule has 0 saturated heterocycles. The molecule has 32 heavy (non-hydrogen) atoms. The fraction of sp³-hybridized carbons (Fsp3) is 0.480. The largest absolute Gasteiger partial charge is 0.493 e. The third-order valence-corrected chi connectivity index (χ3v) is 6.46. The van der Waals surface area contributed by atoms with Gasteiger partial charge in [0.1, 0.15) is 0 Å². The van der Waals surface area contributed by atoms with Crippen molar-refractivity contribution >= 4 is 11.7 Å². The van der Waals surface area contributed by atoms with Gasteiger partial charge in [0.05, 0.1) is 33.5 Å². The zero-order chi connectivity index (χ0) is 22.7. The van der Waals surface area contributed by atoms with E-state index in [1.54, 1.807) is 21.3 Å². The van der Waals surface area contributed by atoms with Crippen LogP contribution in [0.25, 0.3) is 0 Å².